The highest BCUT2D eigenvalue weighted by Gasteiger charge is 2.17. The Hall–Kier alpha value is -4.13. The molecule has 4 aromatic rings. The number of hydrogen-bond acceptors (Lipinski definition) is 5. The second-order valence-electron chi connectivity index (χ2n) is 8.16. The average Bonchev–Trinajstić information content (AvgIpc) is 3.38. The number of anilines is 1. The molecule has 4 rings (SSSR count). The zero-order valence-corrected chi connectivity index (χ0v) is 20.1. The Balaban J connectivity index is 1.41. The molecule has 0 unspecified atom stereocenters. The lowest BCUT2D eigenvalue weighted by molar-refractivity contribution is -0.118. The molecule has 35 heavy (non-hydrogen) atoms. The number of aryl methyl sites for hydroxylation is 1. The highest BCUT2D eigenvalue weighted by Crippen LogP contribution is 2.28. The Morgan fingerprint density at radius 2 is 1.57 bits per heavy atom. The number of carbonyl (C=O) groups excluding carboxylic acids is 1. The van der Waals surface area contributed by atoms with E-state index in [9.17, 15) is 4.79 Å². The number of methoxy groups -OCH3 is 2. The van der Waals surface area contributed by atoms with Crippen molar-refractivity contribution in [3.05, 3.63) is 90.1 Å². The molecule has 0 radical (unpaired) electrons. The largest absolute Gasteiger partial charge is 0.493 e. The number of benzene rings is 3. The zero-order chi connectivity index (χ0) is 24.5. The van der Waals surface area contributed by atoms with Crippen LogP contribution in [0.25, 0.3) is 11.3 Å². The van der Waals surface area contributed by atoms with Gasteiger partial charge in [0.05, 0.1) is 19.9 Å². The van der Waals surface area contributed by atoms with Gasteiger partial charge in [0, 0.05) is 24.2 Å². The van der Waals surface area contributed by atoms with Gasteiger partial charge in [-0.15, -0.1) is 0 Å². The van der Waals surface area contributed by atoms with E-state index < -0.39 is 0 Å². The Morgan fingerprint density at radius 1 is 0.857 bits per heavy atom. The van der Waals surface area contributed by atoms with Crippen LogP contribution in [0.2, 0.25) is 0 Å². The molecule has 0 atom stereocenters. The molecular formula is C28H30N4O3. The fourth-order valence-electron chi connectivity index (χ4n) is 4.08. The van der Waals surface area contributed by atoms with Crippen molar-refractivity contribution < 1.29 is 14.3 Å². The molecule has 180 valence electrons. The number of rotatable bonds is 11. The number of aromatic amines is 1. The van der Waals surface area contributed by atoms with Crippen LogP contribution in [0.5, 0.6) is 11.5 Å². The monoisotopic (exact) mass is 470 g/mol. The molecule has 0 fully saturated rings. The Kier molecular flexibility index (Phi) is 8.12. The quantitative estimate of drug-likeness (QED) is 0.330. The predicted molar refractivity (Wildman–Crippen MR) is 137 cm³/mol. The van der Waals surface area contributed by atoms with Gasteiger partial charge < -0.3 is 14.4 Å². The van der Waals surface area contributed by atoms with Crippen LogP contribution in [0, 0.1) is 0 Å². The van der Waals surface area contributed by atoms with Gasteiger partial charge >= 0.3 is 0 Å². The summed E-state index contributed by atoms with van der Waals surface area (Å²) in [6, 6.07) is 25.6. The first-order valence-corrected chi connectivity index (χ1v) is 11.7. The topological polar surface area (TPSA) is 80.3 Å². The van der Waals surface area contributed by atoms with Crippen LogP contribution in [0.1, 0.15) is 24.1 Å². The van der Waals surface area contributed by atoms with Gasteiger partial charge in [0.25, 0.3) is 0 Å². The minimum absolute atomic E-state index is 0.0847. The molecule has 7 nitrogen and oxygen atoms in total. The molecule has 1 amide bonds. The summed E-state index contributed by atoms with van der Waals surface area (Å²) in [5.74, 6) is 1.46. The van der Waals surface area contributed by atoms with Gasteiger partial charge in [0.15, 0.2) is 11.5 Å². The minimum Gasteiger partial charge on any atom is -0.493 e. The summed E-state index contributed by atoms with van der Waals surface area (Å²) in [5.41, 5.74) is 4.70. The Labute approximate surface area is 205 Å². The van der Waals surface area contributed by atoms with Gasteiger partial charge in [0.1, 0.15) is 5.69 Å². The smallest absolute Gasteiger partial charge is 0.226 e. The summed E-state index contributed by atoms with van der Waals surface area (Å²) in [6.07, 6.45) is 2.47. The SMILES string of the molecule is COc1ccc(CCN(C(=O)CCCc2n[nH]nc2-c2ccccc2)c2ccccc2)cc1OC. The van der Waals surface area contributed by atoms with Crippen LogP contribution in [0.15, 0.2) is 78.9 Å². The van der Waals surface area contributed by atoms with E-state index in [1.165, 1.54) is 0 Å². The normalized spacial score (nSPS) is 10.7. The highest BCUT2D eigenvalue weighted by molar-refractivity contribution is 5.93. The molecular weight excluding hydrogens is 440 g/mol. The molecule has 0 bridgehead atoms. The maximum Gasteiger partial charge on any atom is 0.226 e. The lowest BCUT2D eigenvalue weighted by atomic mass is 10.1. The van der Waals surface area contributed by atoms with Crippen LogP contribution >= 0.6 is 0 Å². The summed E-state index contributed by atoms with van der Waals surface area (Å²) in [4.78, 5) is 15.2. The van der Waals surface area contributed by atoms with Gasteiger partial charge in [-0.3, -0.25) is 4.79 Å². The van der Waals surface area contributed by atoms with Crippen LogP contribution in [0.4, 0.5) is 5.69 Å². The van der Waals surface area contributed by atoms with Crippen LogP contribution in [-0.4, -0.2) is 42.1 Å². The van der Waals surface area contributed by atoms with Gasteiger partial charge in [-0.1, -0.05) is 54.6 Å². The first-order chi connectivity index (χ1) is 17.2. The third kappa shape index (κ3) is 6.06. The number of nitrogens with zero attached hydrogens (tertiary/aromatic N) is 3. The van der Waals surface area contributed by atoms with E-state index in [0.717, 1.165) is 28.2 Å². The molecule has 0 aliphatic rings. The van der Waals surface area contributed by atoms with Gasteiger partial charge in [-0.25, -0.2) is 0 Å². The molecule has 3 aromatic carbocycles. The lowest BCUT2D eigenvalue weighted by Crippen LogP contribution is -2.32. The number of nitrogens with one attached hydrogen (secondary N) is 1. The summed E-state index contributed by atoms with van der Waals surface area (Å²) in [7, 11) is 3.24. The summed E-state index contributed by atoms with van der Waals surface area (Å²) >= 11 is 0. The Bertz CT molecular complexity index is 1230. The summed E-state index contributed by atoms with van der Waals surface area (Å²) < 4.78 is 10.8. The van der Waals surface area contributed by atoms with Crippen molar-refractivity contribution >= 4 is 11.6 Å². The van der Waals surface area contributed by atoms with E-state index in [-0.39, 0.29) is 5.91 Å². The van der Waals surface area contributed by atoms with Crippen molar-refractivity contribution in [2.75, 3.05) is 25.7 Å². The third-order valence-corrected chi connectivity index (χ3v) is 5.91. The van der Waals surface area contributed by atoms with Crippen molar-refractivity contribution in [2.24, 2.45) is 0 Å². The molecule has 0 saturated carbocycles. The molecule has 0 aliphatic carbocycles. The van der Waals surface area contributed by atoms with Crippen LogP contribution < -0.4 is 14.4 Å². The molecule has 1 aromatic heterocycles. The fraction of sp³-hybridized carbons (Fsp3) is 0.250. The van der Waals surface area contributed by atoms with Crippen molar-refractivity contribution in [3.63, 3.8) is 0 Å². The standard InChI is InChI=1S/C28H30N4O3/c1-34-25-17-16-21(20-26(25)35-2)18-19-32(23-12-7-4-8-13-23)27(33)15-9-14-24-28(30-31-29-24)22-10-5-3-6-11-22/h3-8,10-13,16-17,20H,9,14-15,18-19H2,1-2H3,(H,29,30,31). The maximum atomic E-state index is 13.3. The average molecular weight is 471 g/mol. The number of carbonyl (C=O) groups is 1. The summed E-state index contributed by atoms with van der Waals surface area (Å²) in [5, 5.41) is 11.3. The molecule has 1 heterocycles. The van der Waals surface area contributed by atoms with Crippen molar-refractivity contribution in [1.82, 2.24) is 15.4 Å². The molecule has 0 spiro atoms. The first-order valence-electron chi connectivity index (χ1n) is 11.7. The maximum absolute atomic E-state index is 13.3. The third-order valence-electron chi connectivity index (χ3n) is 5.91. The second kappa shape index (κ2) is 11.8. The molecule has 7 heteroatoms. The van der Waals surface area contributed by atoms with Gasteiger partial charge in [-0.05, 0) is 49.1 Å². The van der Waals surface area contributed by atoms with Crippen molar-refractivity contribution in [1.29, 1.82) is 0 Å². The Morgan fingerprint density at radius 3 is 2.29 bits per heavy atom. The number of amides is 1. The van der Waals surface area contributed by atoms with Crippen molar-refractivity contribution in [3.8, 4) is 22.8 Å². The fourth-order valence-corrected chi connectivity index (χ4v) is 4.08. The lowest BCUT2D eigenvalue weighted by Gasteiger charge is -2.23. The number of aromatic nitrogens is 3. The van der Waals surface area contributed by atoms with Crippen LogP contribution in [0.3, 0.4) is 0 Å². The number of H-pyrrole nitrogens is 1. The van der Waals surface area contributed by atoms with Crippen LogP contribution in [-0.2, 0) is 17.6 Å². The second-order valence-corrected chi connectivity index (χ2v) is 8.16. The molecule has 0 aliphatic heterocycles. The van der Waals surface area contributed by atoms with E-state index >= 15 is 0 Å². The highest BCUT2D eigenvalue weighted by atomic mass is 16.5. The van der Waals surface area contributed by atoms with Gasteiger partial charge in [-0.2, -0.15) is 15.4 Å². The van der Waals surface area contributed by atoms with E-state index in [1.807, 2.05) is 83.8 Å². The van der Waals surface area contributed by atoms with E-state index in [1.54, 1.807) is 14.2 Å². The zero-order valence-electron chi connectivity index (χ0n) is 20.1. The molecule has 0 saturated heterocycles. The van der Waals surface area contributed by atoms with Gasteiger partial charge in [0.2, 0.25) is 5.91 Å². The predicted octanol–water partition coefficient (Wildman–Crippen LogP) is 5.09. The number of para-hydroxylation sites is 1. The van der Waals surface area contributed by atoms with Crippen molar-refractivity contribution in [2.45, 2.75) is 25.7 Å². The first kappa shape index (κ1) is 24.0. The van der Waals surface area contributed by atoms with E-state index in [0.29, 0.717) is 43.7 Å². The number of hydrogen-bond donors (Lipinski definition) is 1. The van der Waals surface area contributed by atoms with E-state index in [2.05, 4.69) is 15.4 Å². The summed E-state index contributed by atoms with van der Waals surface area (Å²) in [6.45, 7) is 0.567. The molecule has 1 N–H and O–H groups in total. The number of ether oxygens (including phenoxy) is 2. The minimum atomic E-state index is 0.0847. The van der Waals surface area contributed by atoms with E-state index in [4.69, 9.17) is 9.47 Å².